The average Bonchev–Trinajstić information content (AvgIpc) is 3.34. The number of urea groups is 1. The van der Waals surface area contributed by atoms with Crippen molar-refractivity contribution in [3.05, 3.63) is 0 Å². The summed E-state index contributed by atoms with van der Waals surface area (Å²) in [5.74, 6) is 0.308. The van der Waals surface area contributed by atoms with E-state index in [0.717, 1.165) is 32.2 Å². The maximum atomic E-state index is 13.0. The molecule has 5 nitrogen and oxygen atoms in total. The van der Waals surface area contributed by atoms with E-state index in [9.17, 15) is 14.7 Å². The second-order valence-electron chi connectivity index (χ2n) is 6.45. The summed E-state index contributed by atoms with van der Waals surface area (Å²) in [6, 6.07) is -0.319. The minimum Gasteiger partial charge on any atom is -0.480 e. The fraction of sp³-hybridized carbons (Fsp3) is 0.867. The highest BCUT2D eigenvalue weighted by Gasteiger charge is 2.46. The second-order valence-corrected chi connectivity index (χ2v) is 7.66. The predicted octanol–water partition coefficient (Wildman–Crippen LogP) is 2.61. The number of carbonyl (C=O) groups excluding carboxylic acids is 1. The van der Waals surface area contributed by atoms with Gasteiger partial charge in [0, 0.05) is 18.3 Å². The third kappa shape index (κ3) is 3.30. The minimum absolute atomic E-state index is 0.0275. The van der Waals surface area contributed by atoms with Crippen LogP contribution in [0.2, 0.25) is 0 Å². The number of rotatable bonds is 6. The van der Waals surface area contributed by atoms with Gasteiger partial charge in [-0.2, -0.15) is 0 Å². The molecule has 0 aromatic rings. The molecular formula is C15H24N2O3S. The standard InChI is InChI=1S/C15H24N2O3S/c1-2-3-13-17(12(9-21-13)14(18)19)15(20)16(11-6-7-11)8-10-4-5-10/h10-13H,2-9H2,1H3,(H,18,19). The number of thioether (sulfide) groups is 1. The van der Waals surface area contributed by atoms with Crippen LogP contribution in [-0.4, -0.2) is 56.7 Å². The Morgan fingerprint density at radius 3 is 2.52 bits per heavy atom. The molecule has 2 aliphatic carbocycles. The quantitative estimate of drug-likeness (QED) is 0.819. The first-order valence-electron chi connectivity index (χ1n) is 8.05. The van der Waals surface area contributed by atoms with Crippen LogP contribution >= 0.6 is 11.8 Å². The van der Waals surface area contributed by atoms with Crippen LogP contribution < -0.4 is 0 Å². The third-order valence-corrected chi connectivity index (χ3v) is 5.88. The summed E-state index contributed by atoms with van der Waals surface area (Å²) in [5, 5.41) is 9.45. The van der Waals surface area contributed by atoms with Crippen molar-refractivity contribution in [1.29, 1.82) is 0 Å². The molecule has 2 amide bonds. The fourth-order valence-electron chi connectivity index (χ4n) is 2.98. The molecule has 0 bridgehead atoms. The molecule has 0 radical (unpaired) electrons. The Morgan fingerprint density at radius 2 is 2.00 bits per heavy atom. The molecule has 2 saturated carbocycles. The van der Waals surface area contributed by atoms with Crippen molar-refractivity contribution in [2.45, 2.75) is 62.9 Å². The van der Waals surface area contributed by atoms with Crippen molar-refractivity contribution in [2.24, 2.45) is 5.92 Å². The van der Waals surface area contributed by atoms with Gasteiger partial charge in [0.2, 0.25) is 0 Å². The molecule has 3 rings (SSSR count). The summed E-state index contributed by atoms with van der Waals surface area (Å²) in [7, 11) is 0. The van der Waals surface area contributed by atoms with Gasteiger partial charge in [-0.1, -0.05) is 13.3 Å². The molecule has 3 aliphatic rings. The number of hydrogen-bond acceptors (Lipinski definition) is 3. The molecule has 0 aromatic carbocycles. The van der Waals surface area contributed by atoms with Crippen LogP contribution in [0.3, 0.4) is 0 Å². The lowest BCUT2D eigenvalue weighted by molar-refractivity contribution is -0.141. The maximum Gasteiger partial charge on any atom is 0.327 e. The zero-order valence-electron chi connectivity index (χ0n) is 12.5. The third-order valence-electron chi connectivity index (χ3n) is 4.52. The minimum atomic E-state index is -0.864. The van der Waals surface area contributed by atoms with Gasteiger partial charge < -0.3 is 10.0 Å². The van der Waals surface area contributed by atoms with Crippen LogP contribution in [0, 0.1) is 5.92 Å². The van der Waals surface area contributed by atoms with Gasteiger partial charge >= 0.3 is 12.0 Å². The smallest absolute Gasteiger partial charge is 0.327 e. The molecule has 118 valence electrons. The van der Waals surface area contributed by atoms with Crippen molar-refractivity contribution in [2.75, 3.05) is 12.3 Å². The van der Waals surface area contributed by atoms with E-state index in [-0.39, 0.29) is 11.4 Å². The maximum absolute atomic E-state index is 13.0. The number of nitrogens with zero attached hydrogens (tertiary/aromatic N) is 2. The lowest BCUT2D eigenvalue weighted by atomic mass is 10.2. The molecule has 2 unspecified atom stereocenters. The van der Waals surface area contributed by atoms with Crippen LogP contribution in [0.4, 0.5) is 4.79 Å². The highest BCUT2D eigenvalue weighted by molar-refractivity contribution is 8.00. The van der Waals surface area contributed by atoms with Crippen molar-refractivity contribution >= 4 is 23.8 Å². The largest absolute Gasteiger partial charge is 0.480 e. The summed E-state index contributed by atoms with van der Waals surface area (Å²) < 4.78 is 0. The van der Waals surface area contributed by atoms with E-state index in [1.165, 1.54) is 12.8 Å². The van der Waals surface area contributed by atoms with Gasteiger partial charge in [0.25, 0.3) is 0 Å². The van der Waals surface area contributed by atoms with E-state index in [1.54, 1.807) is 16.7 Å². The van der Waals surface area contributed by atoms with E-state index in [1.807, 2.05) is 4.90 Å². The molecule has 21 heavy (non-hydrogen) atoms. The molecule has 3 fully saturated rings. The van der Waals surface area contributed by atoms with Crippen molar-refractivity contribution in [3.63, 3.8) is 0 Å². The Kier molecular flexibility index (Phi) is 4.33. The zero-order chi connectivity index (χ0) is 15.0. The van der Waals surface area contributed by atoms with Crippen molar-refractivity contribution < 1.29 is 14.7 Å². The first-order valence-corrected chi connectivity index (χ1v) is 9.10. The topological polar surface area (TPSA) is 60.9 Å². The number of carbonyl (C=O) groups is 2. The summed E-state index contributed by atoms with van der Waals surface area (Å²) in [6.07, 6.45) is 6.44. The van der Waals surface area contributed by atoms with Crippen LogP contribution in [0.5, 0.6) is 0 Å². The van der Waals surface area contributed by atoms with Crippen LogP contribution in [0.25, 0.3) is 0 Å². The molecule has 1 N–H and O–H groups in total. The SMILES string of the molecule is CCCC1SCC(C(=O)O)N1C(=O)N(CC1CC1)C1CC1. The number of hydrogen-bond donors (Lipinski definition) is 1. The summed E-state index contributed by atoms with van der Waals surface area (Å²) in [4.78, 5) is 28.1. The first kappa shape index (κ1) is 15.0. The van der Waals surface area contributed by atoms with Gasteiger partial charge in [0.05, 0.1) is 5.37 Å². The first-order chi connectivity index (χ1) is 10.1. The summed E-state index contributed by atoms with van der Waals surface area (Å²) >= 11 is 1.62. The number of amides is 2. The Morgan fingerprint density at radius 1 is 1.29 bits per heavy atom. The number of carboxylic acid groups (broad SMARTS) is 1. The molecule has 6 heteroatoms. The Labute approximate surface area is 130 Å². The van der Waals surface area contributed by atoms with Crippen LogP contribution in [0.15, 0.2) is 0 Å². The Balaban J connectivity index is 1.75. The van der Waals surface area contributed by atoms with Gasteiger partial charge in [-0.15, -0.1) is 11.8 Å². The molecule has 0 aromatic heterocycles. The van der Waals surface area contributed by atoms with E-state index in [0.29, 0.717) is 17.7 Å². The van der Waals surface area contributed by atoms with Gasteiger partial charge in [0.1, 0.15) is 6.04 Å². The zero-order valence-corrected chi connectivity index (χ0v) is 13.3. The molecule has 1 saturated heterocycles. The summed E-state index contributed by atoms with van der Waals surface area (Å²) in [5.41, 5.74) is 0. The molecule has 1 aliphatic heterocycles. The monoisotopic (exact) mass is 312 g/mol. The highest BCUT2D eigenvalue weighted by Crippen LogP contribution is 2.38. The van der Waals surface area contributed by atoms with E-state index in [4.69, 9.17) is 0 Å². The number of aliphatic carboxylic acids is 1. The van der Waals surface area contributed by atoms with Gasteiger partial charge in [-0.25, -0.2) is 9.59 Å². The van der Waals surface area contributed by atoms with Gasteiger partial charge in [0.15, 0.2) is 0 Å². The van der Waals surface area contributed by atoms with E-state index < -0.39 is 12.0 Å². The van der Waals surface area contributed by atoms with Gasteiger partial charge in [-0.05, 0) is 38.0 Å². The Hall–Kier alpha value is -0.910. The normalized spacial score (nSPS) is 28.7. The van der Waals surface area contributed by atoms with Crippen LogP contribution in [0.1, 0.15) is 45.4 Å². The van der Waals surface area contributed by atoms with Crippen molar-refractivity contribution in [3.8, 4) is 0 Å². The van der Waals surface area contributed by atoms with Gasteiger partial charge in [-0.3, -0.25) is 4.90 Å². The molecule has 0 spiro atoms. The fourth-order valence-corrected chi connectivity index (χ4v) is 4.48. The molecule has 1 heterocycles. The summed E-state index contributed by atoms with van der Waals surface area (Å²) in [6.45, 7) is 2.91. The average molecular weight is 312 g/mol. The highest BCUT2D eigenvalue weighted by atomic mass is 32.2. The second kappa shape index (κ2) is 6.07. The Bertz CT molecular complexity index is 423. The van der Waals surface area contributed by atoms with Crippen molar-refractivity contribution in [1.82, 2.24) is 9.80 Å². The lowest BCUT2D eigenvalue weighted by Gasteiger charge is -2.33. The van der Waals surface area contributed by atoms with Crippen LogP contribution in [-0.2, 0) is 4.79 Å². The predicted molar refractivity (Wildman–Crippen MR) is 82.3 cm³/mol. The van der Waals surface area contributed by atoms with E-state index in [2.05, 4.69) is 6.92 Å². The number of carboxylic acids is 1. The molecule has 2 atom stereocenters. The van der Waals surface area contributed by atoms with E-state index >= 15 is 0 Å². The molecular weight excluding hydrogens is 288 g/mol. The lowest BCUT2D eigenvalue weighted by Crippen LogP contribution is -2.52.